The van der Waals surface area contributed by atoms with E-state index in [1.54, 1.807) is 0 Å². The summed E-state index contributed by atoms with van der Waals surface area (Å²) in [5.41, 5.74) is 8.96. The Morgan fingerprint density at radius 3 is 2.70 bits per heavy atom. The molecule has 3 heteroatoms. The summed E-state index contributed by atoms with van der Waals surface area (Å²) in [5.74, 6) is 0. The van der Waals surface area contributed by atoms with Crippen LogP contribution in [0, 0.1) is 5.41 Å². The molecule has 1 aromatic carbocycles. The van der Waals surface area contributed by atoms with E-state index in [9.17, 15) is 0 Å². The second kappa shape index (κ2) is 4.97. The van der Waals surface area contributed by atoms with Crippen molar-refractivity contribution in [2.24, 2.45) is 5.41 Å². The van der Waals surface area contributed by atoms with E-state index < -0.39 is 0 Å². The lowest BCUT2D eigenvalue weighted by molar-refractivity contribution is 0.238. The summed E-state index contributed by atoms with van der Waals surface area (Å²) in [4.78, 5) is 6.59. The van der Waals surface area contributed by atoms with Gasteiger partial charge in [0, 0.05) is 36.3 Å². The lowest BCUT2D eigenvalue weighted by atomic mass is 9.78. The number of anilines is 2. The highest BCUT2D eigenvalue weighted by Crippen LogP contribution is 2.38. The minimum Gasteiger partial charge on any atom is -0.397 e. The van der Waals surface area contributed by atoms with E-state index in [0.29, 0.717) is 5.41 Å². The van der Waals surface area contributed by atoms with Gasteiger partial charge in [-0.15, -0.1) is 0 Å². The predicted octanol–water partition coefficient (Wildman–Crippen LogP) is 3.83. The maximum atomic E-state index is 6.38. The van der Waals surface area contributed by atoms with Gasteiger partial charge in [0.25, 0.3) is 0 Å². The SMILES string of the molecule is CCC1(C)CCN(c2ccc3cnccc3c2N)CC1. The van der Waals surface area contributed by atoms with Crippen molar-refractivity contribution >= 4 is 22.1 Å². The van der Waals surface area contributed by atoms with E-state index in [2.05, 4.69) is 35.9 Å². The van der Waals surface area contributed by atoms with Gasteiger partial charge in [0.2, 0.25) is 0 Å². The van der Waals surface area contributed by atoms with Gasteiger partial charge in [-0.3, -0.25) is 4.98 Å². The number of rotatable bonds is 2. The van der Waals surface area contributed by atoms with Crippen LogP contribution in [0.5, 0.6) is 0 Å². The van der Waals surface area contributed by atoms with E-state index in [1.807, 2.05) is 18.5 Å². The molecule has 2 N–H and O–H groups in total. The molecule has 1 saturated heterocycles. The summed E-state index contributed by atoms with van der Waals surface area (Å²) < 4.78 is 0. The number of hydrogen-bond acceptors (Lipinski definition) is 3. The van der Waals surface area contributed by atoms with E-state index in [-0.39, 0.29) is 0 Å². The molecule has 1 fully saturated rings. The number of fused-ring (bicyclic) bond motifs is 1. The second-order valence-corrected chi connectivity index (χ2v) is 6.25. The molecule has 1 aliphatic heterocycles. The number of aromatic nitrogens is 1. The lowest BCUT2D eigenvalue weighted by Gasteiger charge is -2.40. The lowest BCUT2D eigenvalue weighted by Crippen LogP contribution is -2.38. The van der Waals surface area contributed by atoms with Crippen LogP contribution in [0.15, 0.2) is 30.6 Å². The standard InChI is InChI=1S/C17H23N3/c1-3-17(2)7-10-20(11-8-17)15-5-4-13-12-19-9-6-14(13)16(15)18/h4-6,9,12H,3,7-8,10-11,18H2,1-2H3. The summed E-state index contributed by atoms with van der Waals surface area (Å²) >= 11 is 0. The quantitative estimate of drug-likeness (QED) is 0.842. The van der Waals surface area contributed by atoms with Crippen molar-refractivity contribution < 1.29 is 0 Å². The van der Waals surface area contributed by atoms with Gasteiger partial charge >= 0.3 is 0 Å². The van der Waals surface area contributed by atoms with Gasteiger partial charge in [-0.1, -0.05) is 26.3 Å². The third kappa shape index (κ3) is 2.21. The number of nitrogens with two attached hydrogens (primary N) is 1. The number of pyridine rings is 1. The molecule has 2 aromatic rings. The van der Waals surface area contributed by atoms with Crippen molar-refractivity contribution in [2.45, 2.75) is 33.1 Å². The van der Waals surface area contributed by atoms with Crippen LogP contribution in [0.25, 0.3) is 10.8 Å². The first-order valence-corrected chi connectivity index (χ1v) is 7.50. The van der Waals surface area contributed by atoms with Crippen LogP contribution >= 0.6 is 0 Å². The molecular formula is C17H23N3. The average Bonchev–Trinajstić information content (AvgIpc) is 2.49. The molecule has 3 nitrogen and oxygen atoms in total. The Hall–Kier alpha value is -1.77. The summed E-state index contributed by atoms with van der Waals surface area (Å²) in [6, 6.07) is 6.28. The molecule has 3 rings (SSSR count). The molecule has 2 heterocycles. The van der Waals surface area contributed by atoms with Crippen LogP contribution in [-0.4, -0.2) is 18.1 Å². The molecule has 0 atom stereocenters. The zero-order valence-corrected chi connectivity index (χ0v) is 12.4. The molecule has 0 bridgehead atoms. The molecule has 1 aromatic heterocycles. The van der Waals surface area contributed by atoms with Crippen LogP contribution in [-0.2, 0) is 0 Å². The Morgan fingerprint density at radius 1 is 1.25 bits per heavy atom. The Labute approximate surface area is 120 Å². The molecule has 106 valence electrons. The fourth-order valence-corrected chi connectivity index (χ4v) is 3.10. The van der Waals surface area contributed by atoms with Gasteiger partial charge < -0.3 is 10.6 Å². The van der Waals surface area contributed by atoms with Gasteiger partial charge in [0.05, 0.1) is 11.4 Å². The molecular weight excluding hydrogens is 246 g/mol. The fraction of sp³-hybridized carbons (Fsp3) is 0.471. The predicted molar refractivity (Wildman–Crippen MR) is 86.0 cm³/mol. The highest BCUT2D eigenvalue weighted by molar-refractivity contribution is 5.98. The van der Waals surface area contributed by atoms with Crippen molar-refractivity contribution in [3.05, 3.63) is 30.6 Å². The van der Waals surface area contributed by atoms with Crippen molar-refractivity contribution in [1.29, 1.82) is 0 Å². The molecule has 0 saturated carbocycles. The fourth-order valence-electron chi connectivity index (χ4n) is 3.10. The number of nitrogen functional groups attached to an aromatic ring is 1. The molecule has 0 aliphatic carbocycles. The van der Waals surface area contributed by atoms with Gasteiger partial charge in [0.1, 0.15) is 0 Å². The third-order valence-electron chi connectivity index (χ3n) is 5.00. The van der Waals surface area contributed by atoms with Crippen LogP contribution in [0.2, 0.25) is 0 Å². The summed E-state index contributed by atoms with van der Waals surface area (Å²) in [6.07, 6.45) is 7.45. The van der Waals surface area contributed by atoms with E-state index in [1.165, 1.54) is 24.9 Å². The Kier molecular flexibility index (Phi) is 3.28. The number of piperidine rings is 1. The molecule has 20 heavy (non-hydrogen) atoms. The topological polar surface area (TPSA) is 42.2 Å². The number of hydrogen-bond donors (Lipinski definition) is 1. The smallest absolute Gasteiger partial charge is 0.0632 e. The van der Waals surface area contributed by atoms with Crippen LogP contribution in [0.1, 0.15) is 33.1 Å². The van der Waals surface area contributed by atoms with Crippen molar-refractivity contribution in [1.82, 2.24) is 4.98 Å². The average molecular weight is 269 g/mol. The van der Waals surface area contributed by atoms with E-state index in [4.69, 9.17) is 5.73 Å². The molecule has 0 unspecified atom stereocenters. The maximum absolute atomic E-state index is 6.38. The van der Waals surface area contributed by atoms with Crippen LogP contribution < -0.4 is 10.6 Å². The molecule has 0 radical (unpaired) electrons. The first-order valence-electron chi connectivity index (χ1n) is 7.50. The highest BCUT2D eigenvalue weighted by Gasteiger charge is 2.29. The largest absolute Gasteiger partial charge is 0.397 e. The van der Waals surface area contributed by atoms with E-state index >= 15 is 0 Å². The number of benzene rings is 1. The third-order valence-corrected chi connectivity index (χ3v) is 5.00. The van der Waals surface area contributed by atoms with Crippen molar-refractivity contribution in [3.63, 3.8) is 0 Å². The minimum absolute atomic E-state index is 0.506. The Balaban J connectivity index is 1.90. The van der Waals surface area contributed by atoms with Gasteiger partial charge in [0.15, 0.2) is 0 Å². The van der Waals surface area contributed by atoms with E-state index in [0.717, 1.165) is 29.5 Å². The molecule has 0 amide bonds. The summed E-state index contributed by atoms with van der Waals surface area (Å²) in [6.45, 7) is 6.91. The Bertz CT molecular complexity index is 613. The highest BCUT2D eigenvalue weighted by atomic mass is 15.1. The van der Waals surface area contributed by atoms with Crippen LogP contribution in [0.4, 0.5) is 11.4 Å². The summed E-state index contributed by atoms with van der Waals surface area (Å²) in [7, 11) is 0. The monoisotopic (exact) mass is 269 g/mol. The zero-order valence-electron chi connectivity index (χ0n) is 12.4. The van der Waals surface area contributed by atoms with Crippen molar-refractivity contribution in [3.8, 4) is 0 Å². The minimum atomic E-state index is 0.506. The first kappa shape index (κ1) is 13.2. The first-order chi connectivity index (χ1) is 9.63. The van der Waals surface area contributed by atoms with Gasteiger partial charge in [-0.05, 0) is 30.4 Å². The van der Waals surface area contributed by atoms with Gasteiger partial charge in [-0.25, -0.2) is 0 Å². The maximum Gasteiger partial charge on any atom is 0.0632 e. The Morgan fingerprint density at radius 2 is 2.00 bits per heavy atom. The van der Waals surface area contributed by atoms with Gasteiger partial charge in [-0.2, -0.15) is 0 Å². The number of nitrogens with zero attached hydrogens (tertiary/aromatic N) is 2. The second-order valence-electron chi connectivity index (χ2n) is 6.25. The summed E-state index contributed by atoms with van der Waals surface area (Å²) in [5, 5.41) is 2.23. The van der Waals surface area contributed by atoms with Crippen molar-refractivity contribution in [2.75, 3.05) is 23.7 Å². The normalized spacial score (nSPS) is 18.4. The molecule has 1 aliphatic rings. The zero-order chi connectivity index (χ0) is 14.2. The molecule has 0 spiro atoms. The van der Waals surface area contributed by atoms with Crippen LogP contribution in [0.3, 0.4) is 0 Å².